The largest absolute Gasteiger partial charge is 0.343 e. The van der Waals surface area contributed by atoms with E-state index in [1.54, 1.807) is 41.8 Å². The van der Waals surface area contributed by atoms with Crippen LogP contribution in [0, 0.1) is 0 Å². The highest BCUT2D eigenvalue weighted by Crippen LogP contribution is 2.11. The molecule has 2 rings (SSSR count). The topological polar surface area (TPSA) is 87.3 Å². The van der Waals surface area contributed by atoms with Gasteiger partial charge in [-0.3, -0.25) is 25.2 Å². The molecule has 0 aliphatic rings. The minimum Gasteiger partial charge on any atom is -0.343 e. The molecule has 3 N–H and O–H groups in total. The Morgan fingerprint density at radius 2 is 1.86 bits per heavy atom. The molecule has 6 nitrogen and oxygen atoms in total. The monoisotopic (exact) mass is 381 g/mol. The molecule has 8 heteroatoms. The normalized spacial score (nSPS) is 9.86. The van der Waals surface area contributed by atoms with Gasteiger partial charge in [0.1, 0.15) is 0 Å². The summed E-state index contributed by atoms with van der Waals surface area (Å²) >= 11 is 4.53. The minimum absolute atomic E-state index is 0.240. The first-order chi connectivity index (χ1) is 10.6. The predicted octanol–water partition coefficient (Wildman–Crippen LogP) is 1.70. The first-order valence-electron chi connectivity index (χ1n) is 6.22. The number of hydrogen-bond acceptors (Lipinski definition) is 4. The SMILES string of the molecule is O=C(CNC(=O)c1cccc(Br)c1)NNC(=O)c1cccs1. The third-order valence-electron chi connectivity index (χ3n) is 2.56. The van der Waals surface area contributed by atoms with E-state index in [4.69, 9.17) is 0 Å². The van der Waals surface area contributed by atoms with Crippen molar-refractivity contribution in [1.82, 2.24) is 16.2 Å². The van der Waals surface area contributed by atoms with Crippen LogP contribution in [0.1, 0.15) is 20.0 Å². The van der Waals surface area contributed by atoms with Crippen LogP contribution in [0.15, 0.2) is 46.3 Å². The van der Waals surface area contributed by atoms with Gasteiger partial charge in [-0.2, -0.15) is 0 Å². The Morgan fingerprint density at radius 3 is 2.55 bits per heavy atom. The highest BCUT2D eigenvalue weighted by atomic mass is 79.9. The highest BCUT2D eigenvalue weighted by Gasteiger charge is 2.10. The fourth-order valence-corrected chi connectivity index (χ4v) is 2.55. The van der Waals surface area contributed by atoms with Crippen LogP contribution in [0.25, 0.3) is 0 Å². The molecule has 1 heterocycles. The second-order valence-electron chi connectivity index (χ2n) is 4.17. The van der Waals surface area contributed by atoms with Gasteiger partial charge >= 0.3 is 0 Å². The number of carbonyl (C=O) groups excluding carboxylic acids is 3. The lowest BCUT2D eigenvalue weighted by molar-refractivity contribution is -0.120. The Kier molecular flexibility index (Phi) is 5.68. The van der Waals surface area contributed by atoms with Crippen molar-refractivity contribution in [3.05, 3.63) is 56.7 Å². The van der Waals surface area contributed by atoms with Crippen molar-refractivity contribution >= 4 is 45.0 Å². The summed E-state index contributed by atoms with van der Waals surface area (Å²) < 4.78 is 0.771. The number of nitrogens with one attached hydrogen (secondary N) is 3. The maximum atomic E-state index is 11.8. The van der Waals surface area contributed by atoms with Crippen LogP contribution < -0.4 is 16.2 Å². The third-order valence-corrected chi connectivity index (χ3v) is 3.92. The highest BCUT2D eigenvalue weighted by molar-refractivity contribution is 9.10. The molecule has 1 aromatic heterocycles. The van der Waals surface area contributed by atoms with E-state index in [2.05, 4.69) is 32.1 Å². The van der Waals surface area contributed by atoms with Gasteiger partial charge in [-0.05, 0) is 29.6 Å². The van der Waals surface area contributed by atoms with Crippen molar-refractivity contribution < 1.29 is 14.4 Å². The number of carbonyl (C=O) groups is 3. The van der Waals surface area contributed by atoms with E-state index >= 15 is 0 Å². The van der Waals surface area contributed by atoms with Gasteiger partial charge in [0, 0.05) is 10.0 Å². The quantitative estimate of drug-likeness (QED) is 0.704. The van der Waals surface area contributed by atoms with Crippen LogP contribution in [0.4, 0.5) is 0 Å². The Balaban J connectivity index is 1.76. The van der Waals surface area contributed by atoms with Gasteiger partial charge in [0.05, 0.1) is 11.4 Å². The van der Waals surface area contributed by atoms with Crippen molar-refractivity contribution in [2.45, 2.75) is 0 Å². The summed E-state index contributed by atoms with van der Waals surface area (Å²) in [7, 11) is 0. The first kappa shape index (κ1) is 16.2. The number of thiophene rings is 1. The number of rotatable bonds is 4. The van der Waals surface area contributed by atoms with E-state index in [0.717, 1.165) is 4.47 Å². The zero-order valence-corrected chi connectivity index (χ0v) is 13.7. The molecule has 0 fully saturated rings. The second kappa shape index (κ2) is 7.71. The Labute approximate surface area is 139 Å². The van der Waals surface area contributed by atoms with Crippen molar-refractivity contribution in [1.29, 1.82) is 0 Å². The summed E-state index contributed by atoms with van der Waals surface area (Å²) in [5, 5.41) is 4.22. The van der Waals surface area contributed by atoms with E-state index in [0.29, 0.717) is 10.4 Å². The predicted molar refractivity (Wildman–Crippen MR) is 86.4 cm³/mol. The summed E-state index contributed by atoms with van der Waals surface area (Å²) in [6.45, 7) is -0.240. The van der Waals surface area contributed by atoms with Crippen LogP contribution >= 0.6 is 27.3 Å². The molecule has 0 bridgehead atoms. The van der Waals surface area contributed by atoms with Crippen molar-refractivity contribution in [3.63, 3.8) is 0 Å². The maximum Gasteiger partial charge on any atom is 0.279 e. The van der Waals surface area contributed by atoms with E-state index in [1.165, 1.54) is 11.3 Å². The van der Waals surface area contributed by atoms with Gasteiger partial charge in [0.2, 0.25) is 0 Å². The summed E-state index contributed by atoms with van der Waals surface area (Å²) in [4.78, 5) is 35.5. The molecule has 1 aromatic carbocycles. The molecular weight excluding hydrogens is 370 g/mol. The number of hydrogen-bond donors (Lipinski definition) is 3. The molecule has 2 aromatic rings. The van der Waals surface area contributed by atoms with Crippen LogP contribution in [0.5, 0.6) is 0 Å². The lowest BCUT2D eigenvalue weighted by Gasteiger charge is -2.08. The smallest absolute Gasteiger partial charge is 0.279 e. The van der Waals surface area contributed by atoms with Crippen LogP contribution in [0.2, 0.25) is 0 Å². The zero-order valence-electron chi connectivity index (χ0n) is 11.3. The number of hydrazine groups is 1. The fraction of sp³-hybridized carbons (Fsp3) is 0.0714. The molecule has 0 aliphatic heterocycles. The average Bonchev–Trinajstić information content (AvgIpc) is 3.04. The van der Waals surface area contributed by atoms with Crippen molar-refractivity contribution in [2.75, 3.05) is 6.54 Å². The standard InChI is InChI=1S/C14H12BrN3O3S/c15-10-4-1-3-9(7-10)13(20)16-8-12(19)17-18-14(21)11-5-2-6-22-11/h1-7H,8H2,(H,16,20)(H,17,19)(H,18,21). The number of amides is 3. The molecular formula is C14H12BrN3O3S. The van der Waals surface area contributed by atoms with Crippen LogP contribution in [-0.2, 0) is 4.79 Å². The first-order valence-corrected chi connectivity index (χ1v) is 7.90. The average molecular weight is 382 g/mol. The van der Waals surface area contributed by atoms with Gasteiger partial charge in [0.15, 0.2) is 0 Å². The molecule has 0 saturated heterocycles. The van der Waals surface area contributed by atoms with Gasteiger partial charge in [-0.25, -0.2) is 0 Å². The van der Waals surface area contributed by atoms with Crippen molar-refractivity contribution in [2.24, 2.45) is 0 Å². The maximum absolute atomic E-state index is 11.8. The molecule has 0 saturated carbocycles. The van der Waals surface area contributed by atoms with Gasteiger partial charge in [-0.15, -0.1) is 11.3 Å². The lowest BCUT2D eigenvalue weighted by atomic mass is 10.2. The van der Waals surface area contributed by atoms with Crippen LogP contribution in [0.3, 0.4) is 0 Å². The fourth-order valence-electron chi connectivity index (χ4n) is 1.53. The van der Waals surface area contributed by atoms with E-state index in [9.17, 15) is 14.4 Å². The number of halogens is 1. The minimum atomic E-state index is -0.520. The summed E-state index contributed by atoms with van der Waals surface area (Å²) in [6.07, 6.45) is 0. The third kappa shape index (κ3) is 4.68. The molecule has 0 spiro atoms. The van der Waals surface area contributed by atoms with E-state index < -0.39 is 11.8 Å². The summed E-state index contributed by atoms with van der Waals surface area (Å²) in [6, 6.07) is 10.2. The summed E-state index contributed by atoms with van der Waals surface area (Å²) in [5.41, 5.74) is 4.94. The van der Waals surface area contributed by atoms with Crippen LogP contribution in [-0.4, -0.2) is 24.3 Å². The van der Waals surface area contributed by atoms with Gasteiger partial charge < -0.3 is 5.32 Å². The van der Waals surface area contributed by atoms with E-state index in [1.807, 2.05) is 0 Å². The molecule has 114 valence electrons. The Bertz CT molecular complexity index is 688. The Morgan fingerprint density at radius 1 is 1.05 bits per heavy atom. The van der Waals surface area contributed by atoms with Gasteiger partial charge in [0.25, 0.3) is 17.7 Å². The molecule has 22 heavy (non-hydrogen) atoms. The second-order valence-corrected chi connectivity index (χ2v) is 6.04. The lowest BCUT2D eigenvalue weighted by Crippen LogP contribution is -2.46. The molecule has 0 atom stereocenters. The van der Waals surface area contributed by atoms with Gasteiger partial charge in [-0.1, -0.05) is 28.1 Å². The molecule has 3 amide bonds. The zero-order chi connectivity index (χ0) is 15.9. The Hall–Kier alpha value is -2.19. The molecule has 0 aliphatic carbocycles. The van der Waals surface area contributed by atoms with E-state index in [-0.39, 0.29) is 12.5 Å². The number of benzene rings is 1. The summed E-state index contributed by atoms with van der Waals surface area (Å²) in [5.74, 6) is -1.30. The molecule has 0 radical (unpaired) electrons. The molecule has 0 unspecified atom stereocenters. The van der Waals surface area contributed by atoms with Crippen molar-refractivity contribution in [3.8, 4) is 0 Å².